The molecule has 3 amide bonds. The number of halogens is 1. The van der Waals surface area contributed by atoms with E-state index in [1.54, 1.807) is 18.2 Å². The van der Waals surface area contributed by atoms with E-state index in [1.165, 1.54) is 0 Å². The molecule has 0 saturated carbocycles. The molecule has 7 nitrogen and oxygen atoms in total. The molecular formula is C20H17BrN2O5. The minimum absolute atomic E-state index is 0.0268. The largest absolute Gasteiger partial charge is 0.486 e. The number of nitrogens with zero attached hydrogens (tertiary/aromatic N) is 1. The van der Waals surface area contributed by atoms with Crippen molar-refractivity contribution < 1.29 is 23.9 Å². The van der Waals surface area contributed by atoms with E-state index in [-0.39, 0.29) is 37.2 Å². The molecule has 2 aliphatic rings. The molecule has 0 saturated heterocycles. The third-order valence-corrected chi connectivity index (χ3v) is 5.11. The number of carbonyl (C=O) groups is 3. The fraction of sp³-hybridized carbons (Fsp3) is 0.250. The van der Waals surface area contributed by atoms with E-state index >= 15 is 0 Å². The van der Waals surface area contributed by atoms with Crippen LogP contribution < -0.4 is 14.8 Å². The van der Waals surface area contributed by atoms with E-state index in [1.807, 2.05) is 18.2 Å². The van der Waals surface area contributed by atoms with Gasteiger partial charge >= 0.3 is 0 Å². The summed E-state index contributed by atoms with van der Waals surface area (Å²) in [5.41, 5.74) is 1.53. The summed E-state index contributed by atoms with van der Waals surface area (Å²) < 4.78 is 11.9. The summed E-state index contributed by atoms with van der Waals surface area (Å²) in [6, 6.07) is 10.5. The zero-order valence-electron chi connectivity index (χ0n) is 14.9. The van der Waals surface area contributed by atoms with Crippen LogP contribution in [0.2, 0.25) is 0 Å². The zero-order valence-corrected chi connectivity index (χ0v) is 16.5. The Morgan fingerprint density at radius 1 is 1.07 bits per heavy atom. The van der Waals surface area contributed by atoms with E-state index < -0.39 is 0 Å². The minimum Gasteiger partial charge on any atom is -0.486 e. The van der Waals surface area contributed by atoms with Gasteiger partial charge in [0.2, 0.25) is 5.91 Å². The Labute approximate surface area is 169 Å². The van der Waals surface area contributed by atoms with E-state index in [0.717, 1.165) is 14.9 Å². The number of hydrogen-bond acceptors (Lipinski definition) is 5. The molecule has 0 atom stereocenters. The highest BCUT2D eigenvalue weighted by Crippen LogP contribution is 2.33. The summed E-state index contributed by atoms with van der Waals surface area (Å²) in [5.74, 6) is 0.294. The molecule has 2 aliphatic heterocycles. The van der Waals surface area contributed by atoms with Gasteiger partial charge in [-0.15, -0.1) is 0 Å². The maximum Gasteiger partial charge on any atom is 0.261 e. The number of para-hydroxylation sites is 1. The molecule has 0 spiro atoms. The lowest BCUT2D eigenvalue weighted by Crippen LogP contribution is -2.34. The maximum absolute atomic E-state index is 12.4. The van der Waals surface area contributed by atoms with Gasteiger partial charge in [0, 0.05) is 29.5 Å². The van der Waals surface area contributed by atoms with Crippen LogP contribution in [0.25, 0.3) is 0 Å². The summed E-state index contributed by atoms with van der Waals surface area (Å²) in [4.78, 5) is 38.2. The van der Waals surface area contributed by atoms with Gasteiger partial charge in [0.25, 0.3) is 11.8 Å². The third-order valence-electron chi connectivity index (χ3n) is 4.62. The van der Waals surface area contributed by atoms with E-state index in [0.29, 0.717) is 35.8 Å². The molecule has 144 valence electrons. The van der Waals surface area contributed by atoms with E-state index in [2.05, 4.69) is 21.2 Å². The molecule has 0 aliphatic carbocycles. The van der Waals surface area contributed by atoms with Crippen LogP contribution in [-0.2, 0) is 11.3 Å². The predicted molar refractivity (Wildman–Crippen MR) is 103 cm³/mol. The number of hydrogen-bond donors (Lipinski definition) is 1. The first-order valence-corrected chi connectivity index (χ1v) is 9.64. The average Bonchev–Trinajstić information content (AvgIpc) is 2.94. The van der Waals surface area contributed by atoms with Crippen LogP contribution in [0.15, 0.2) is 40.9 Å². The van der Waals surface area contributed by atoms with Crippen molar-refractivity contribution >= 4 is 33.7 Å². The fourth-order valence-corrected chi connectivity index (χ4v) is 3.60. The van der Waals surface area contributed by atoms with Crippen molar-refractivity contribution in [1.29, 1.82) is 0 Å². The van der Waals surface area contributed by atoms with E-state index in [9.17, 15) is 14.4 Å². The van der Waals surface area contributed by atoms with Gasteiger partial charge in [0.05, 0.1) is 11.1 Å². The van der Waals surface area contributed by atoms with Crippen molar-refractivity contribution in [3.8, 4) is 11.5 Å². The second-order valence-corrected chi connectivity index (χ2v) is 7.34. The van der Waals surface area contributed by atoms with Gasteiger partial charge in [-0.05, 0) is 24.3 Å². The van der Waals surface area contributed by atoms with Gasteiger partial charge in [-0.2, -0.15) is 0 Å². The monoisotopic (exact) mass is 444 g/mol. The Hall–Kier alpha value is -2.87. The lowest BCUT2D eigenvalue weighted by molar-refractivity contribution is -0.121. The smallest absolute Gasteiger partial charge is 0.261 e. The number of nitrogens with one attached hydrogen (secondary N) is 1. The number of rotatable bonds is 5. The standard InChI is InChI=1S/C20H17BrN2O5/c21-13-4-5-14-15(10-13)20(26)23(19(14)25)7-6-17(24)22-11-12-2-1-3-16-18(12)28-9-8-27-16/h1-5,10H,6-9,11H2,(H,22,24). The summed E-state index contributed by atoms with van der Waals surface area (Å²) in [6.07, 6.45) is 0.0268. The Morgan fingerprint density at radius 2 is 1.86 bits per heavy atom. The van der Waals surface area contributed by atoms with Crippen molar-refractivity contribution in [3.63, 3.8) is 0 Å². The van der Waals surface area contributed by atoms with Crippen molar-refractivity contribution in [3.05, 3.63) is 57.6 Å². The van der Waals surface area contributed by atoms with Gasteiger partial charge in [0.15, 0.2) is 11.5 Å². The van der Waals surface area contributed by atoms with Gasteiger partial charge in [-0.25, -0.2) is 0 Å². The first-order chi connectivity index (χ1) is 13.5. The molecule has 8 heteroatoms. The predicted octanol–water partition coefficient (Wildman–Crippen LogP) is 2.52. The fourth-order valence-electron chi connectivity index (χ4n) is 3.23. The summed E-state index contributed by atoms with van der Waals surface area (Å²) in [5, 5.41) is 2.80. The highest BCUT2D eigenvalue weighted by Gasteiger charge is 2.35. The van der Waals surface area contributed by atoms with Gasteiger partial charge in [-0.3, -0.25) is 19.3 Å². The number of imide groups is 1. The number of fused-ring (bicyclic) bond motifs is 2. The molecule has 0 aromatic heterocycles. The molecule has 1 N–H and O–H groups in total. The van der Waals surface area contributed by atoms with E-state index in [4.69, 9.17) is 9.47 Å². The van der Waals surface area contributed by atoms with Crippen LogP contribution >= 0.6 is 15.9 Å². The lowest BCUT2D eigenvalue weighted by atomic mass is 10.1. The summed E-state index contributed by atoms with van der Waals surface area (Å²) in [7, 11) is 0. The first-order valence-electron chi connectivity index (χ1n) is 8.84. The maximum atomic E-state index is 12.4. The highest BCUT2D eigenvalue weighted by atomic mass is 79.9. The third kappa shape index (κ3) is 3.47. The number of benzene rings is 2. The molecule has 2 aromatic carbocycles. The van der Waals surface area contributed by atoms with Crippen LogP contribution in [0.5, 0.6) is 11.5 Å². The van der Waals surface area contributed by atoms with Crippen molar-refractivity contribution in [2.45, 2.75) is 13.0 Å². The lowest BCUT2D eigenvalue weighted by Gasteiger charge is -2.21. The van der Waals surface area contributed by atoms with Crippen LogP contribution in [-0.4, -0.2) is 42.4 Å². The number of carbonyl (C=O) groups excluding carboxylic acids is 3. The molecule has 0 fully saturated rings. The van der Waals surface area contributed by atoms with Crippen LogP contribution in [0.3, 0.4) is 0 Å². The van der Waals surface area contributed by atoms with Crippen molar-refractivity contribution in [1.82, 2.24) is 10.2 Å². The Balaban J connectivity index is 1.35. The van der Waals surface area contributed by atoms with Gasteiger partial charge in [-0.1, -0.05) is 28.1 Å². The topological polar surface area (TPSA) is 84.9 Å². The Morgan fingerprint density at radius 3 is 2.71 bits per heavy atom. The van der Waals surface area contributed by atoms with Gasteiger partial charge < -0.3 is 14.8 Å². The first kappa shape index (κ1) is 18.5. The normalized spacial score (nSPS) is 14.8. The second-order valence-electron chi connectivity index (χ2n) is 6.42. The van der Waals surface area contributed by atoms with Crippen LogP contribution in [0.1, 0.15) is 32.7 Å². The average molecular weight is 445 g/mol. The Bertz CT molecular complexity index is 975. The number of amides is 3. The number of ether oxygens (including phenoxy) is 2. The SMILES string of the molecule is O=C(CCN1C(=O)c2ccc(Br)cc2C1=O)NCc1cccc2c1OCCO2. The zero-order chi connectivity index (χ0) is 19.7. The summed E-state index contributed by atoms with van der Waals surface area (Å²) >= 11 is 3.30. The van der Waals surface area contributed by atoms with Gasteiger partial charge in [0.1, 0.15) is 13.2 Å². The molecule has 4 rings (SSSR count). The molecule has 28 heavy (non-hydrogen) atoms. The van der Waals surface area contributed by atoms with Crippen molar-refractivity contribution in [2.75, 3.05) is 19.8 Å². The van der Waals surface area contributed by atoms with Crippen LogP contribution in [0.4, 0.5) is 0 Å². The molecule has 2 heterocycles. The molecular weight excluding hydrogens is 428 g/mol. The second kappa shape index (κ2) is 7.63. The Kier molecular flexibility index (Phi) is 5.04. The quantitative estimate of drug-likeness (QED) is 0.716. The summed E-state index contributed by atoms with van der Waals surface area (Å²) in [6.45, 7) is 1.27. The highest BCUT2D eigenvalue weighted by molar-refractivity contribution is 9.10. The van der Waals surface area contributed by atoms with Crippen LogP contribution in [0, 0.1) is 0 Å². The molecule has 2 aromatic rings. The molecule has 0 unspecified atom stereocenters. The molecule has 0 bridgehead atoms. The minimum atomic E-state index is -0.378. The van der Waals surface area contributed by atoms with Crippen molar-refractivity contribution in [2.24, 2.45) is 0 Å². The molecule has 0 radical (unpaired) electrons.